The molecule has 0 aliphatic heterocycles. The number of anilines is 1. The van der Waals surface area contributed by atoms with Crippen molar-refractivity contribution in [1.29, 1.82) is 0 Å². The summed E-state index contributed by atoms with van der Waals surface area (Å²) >= 11 is 1.57. The molecule has 1 heterocycles. The summed E-state index contributed by atoms with van der Waals surface area (Å²) in [7, 11) is 1.31. The maximum Gasteiger partial charge on any atom is 0.339 e. The molecule has 0 saturated heterocycles. The molecule has 4 nitrogen and oxygen atoms in total. The van der Waals surface area contributed by atoms with Crippen LogP contribution >= 0.6 is 11.3 Å². The Balaban J connectivity index is 2.12. The van der Waals surface area contributed by atoms with E-state index in [1.54, 1.807) is 41.7 Å². The summed E-state index contributed by atoms with van der Waals surface area (Å²) in [5.41, 5.74) is 1.88. The van der Waals surface area contributed by atoms with E-state index in [2.05, 4.69) is 10.1 Å². The number of hydrogen-bond donors (Lipinski definition) is 1. The number of ether oxygens (including phenoxy) is 1. The summed E-state index contributed by atoms with van der Waals surface area (Å²) in [5.74, 6) is -0.775. The van der Waals surface area contributed by atoms with Crippen molar-refractivity contribution >= 4 is 35.0 Å². The molecule has 1 aromatic carbocycles. The third kappa shape index (κ3) is 3.79. The summed E-state index contributed by atoms with van der Waals surface area (Å²) in [4.78, 5) is 24.6. The van der Waals surface area contributed by atoms with Crippen molar-refractivity contribution in [1.82, 2.24) is 0 Å². The third-order valence-electron chi connectivity index (χ3n) is 2.88. The number of hydrogen-bond acceptors (Lipinski definition) is 4. The lowest BCUT2D eigenvalue weighted by Crippen LogP contribution is -2.12. The Morgan fingerprint density at radius 2 is 2.00 bits per heavy atom. The van der Waals surface area contributed by atoms with Gasteiger partial charge in [0.1, 0.15) is 0 Å². The summed E-state index contributed by atoms with van der Waals surface area (Å²) < 4.78 is 4.69. The van der Waals surface area contributed by atoms with Gasteiger partial charge in [0.25, 0.3) is 0 Å². The maximum atomic E-state index is 11.9. The van der Waals surface area contributed by atoms with Crippen molar-refractivity contribution in [2.75, 3.05) is 12.4 Å². The van der Waals surface area contributed by atoms with Crippen LogP contribution in [0.4, 0.5) is 5.69 Å². The molecule has 1 N–H and O–H groups in total. The second-order valence-electron chi connectivity index (χ2n) is 4.33. The molecule has 5 heteroatoms. The maximum absolute atomic E-state index is 11.9. The van der Waals surface area contributed by atoms with Gasteiger partial charge in [0.2, 0.25) is 5.91 Å². The predicted octanol–water partition coefficient (Wildman–Crippen LogP) is 3.50. The lowest BCUT2D eigenvalue weighted by atomic mass is 10.2. The zero-order valence-electron chi connectivity index (χ0n) is 11.8. The first-order chi connectivity index (χ1) is 10.1. The lowest BCUT2D eigenvalue weighted by Gasteiger charge is -2.07. The number of carbonyl (C=O) groups excluding carboxylic acids is 2. The molecular weight excluding hydrogens is 286 g/mol. The second kappa shape index (κ2) is 6.85. The molecule has 108 valence electrons. The fraction of sp³-hybridized carbons (Fsp3) is 0.125. The van der Waals surface area contributed by atoms with E-state index in [0.29, 0.717) is 11.3 Å². The van der Waals surface area contributed by atoms with Crippen LogP contribution in [0.3, 0.4) is 0 Å². The van der Waals surface area contributed by atoms with Gasteiger partial charge in [-0.2, -0.15) is 0 Å². The number of esters is 1. The van der Waals surface area contributed by atoms with Gasteiger partial charge >= 0.3 is 5.97 Å². The summed E-state index contributed by atoms with van der Waals surface area (Å²) in [5, 5.41) is 4.66. The molecule has 1 amide bonds. The minimum absolute atomic E-state index is 0.292. The Morgan fingerprint density at radius 1 is 1.24 bits per heavy atom. The van der Waals surface area contributed by atoms with Crippen molar-refractivity contribution in [2.24, 2.45) is 0 Å². The average Bonchev–Trinajstić information content (AvgIpc) is 2.90. The lowest BCUT2D eigenvalue weighted by molar-refractivity contribution is -0.111. The van der Waals surface area contributed by atoms with Crippen LogP contribution in [-0.4, -0.2) is 19.0 Å². The molecule has 1 aromatic heterocycles. The Morgan fingerprint density at radius 3 is 2.67 bits per heavy atom. The van der Waals surface area contributed by atoms with Crippen LogP contribution in [0.5, 0.6) is 0 Å². The first-order valence-corrected chi connectivity index (χ1v) is 7.20. The quantitative estimate of drug-likeness (QED) is 0.694. The Bertz CT molecular complexity index is 688. The van der Waals surface area contributed by atoms with Gasteiger partial charge in [-0.3, -0.25) is 4.79 Å². The van der Waals surface area contributed by atoms with Gasteiger partial charge < -0.3 is 10.1 Å². The number of aryl methyl sites for hydroxylation is 1. The topological polar surface area (TPSA) is 55.4 Å². The molecule has 0 aliphatic carbocycles. The normalized spacial score (nSPS) is 10.6. The Hall–Kier alpha value is -2.40. The highest BCUT2D eigenvalue weighted by atomic mass is 32.1. The van der Waals surface area contributed by atoms with E-state index in [9.17, 15) is 9.59 Å². The van der Waals surface area contributed by atoms with Crippen LogP contribution in [-0.2, 0) is 9.53 Å². The van der Waals surface area contributed by atoms with Crippen LogP contribution in [0.1, 0.15) is 20.8 Å². The van der Waals surface area contributed by atoms with Gasteiger partial charge in [-0.1, -0.05) is 12.1 Å². The zero-order valence-corrected chi connectivity index (χ0v) is 12.6. The largest absolute Gasteiger partial charge is 0.465 e. The van der Waals surface area contributed by atoms with E-state index in [1.165, 1.54) is 13.2 Å². The fourth-order valence-corrected chi connectivity index (χ4v) is 2.58. The molecule has 2 rings (SSSR count). The molecule has 0 aliphatic rings. The van der Waals surface area contributed by atoms with Gasteiger partial charge in [-0.05, 0) is 42.1 Å². The number of carbonyl (C=O) groups is 2. The highest BCUT2D eigenvalue weighted by Gasteiger charge is 2.12. The molecule has 0 unspecified atom stereocenters. The predicted molar refractivity (Wildman–Crippen MR) is 84.5 cm³/mol. The number of methoxy groups -OCH3 is 1. The first kappa shape index (κ1) is 15.0. The van der Waals surface area contributed by atoms with Crippen LogP contribution < -0.4 is 5.32 Å². The smallest absolute Gasteiger partial charge is 0.339 e. The molecular formula is C16H15NO3S. The van der Waals surface area contributed by atoms with Gasteiger partial charge in [-0.15, -0.1) is 11.3 Å². The Labute approximate surface area is 127 Å². The molecule has 0 radical (unpaired) electrons. The molecule has 0 saturated carbocycles. The van der Waals surface area contributed by atoms with E-state index < -0.39 is 5.97 Å². The highest BCUT2D eigenvalue weighted by Crippen LogP contribution is 2.18. The Kier molecular flexibility index (Phi) is 4.90. The molecule has 0 fully saturated rings. The molecule has 21 heavy (non-hydrogen) atoms. The van der Waals surface area contributed by atoms with E-state index in [4.69, 9.17) is 0 Å². The van der Waals surface area contributed by atoms with E-state index in [0.717, 1.165) is 10.4 Å². The number of thiophene rings is 1. The molecule has 0 spiro atoms. The van der Waals surface area contributed by atoms with Crippen molar-refractivity contribution < 1.29 is 14.3 Å². The van der Waals surface area contributed by atoms with E-state index in [-0.39, 0.29) is 5.91 Å². The first-order valence-electron chi connectivity index (χ1n) is 6.32. The summed E-state index contributed by atoms with van der Waals surface area (Å²) in [6.45, 7) is 1.99. The number of rotatable bonds is 4. The standard InChI is InChI=1S/C16H15NO3S/c1-11-9-10-21-14(11)7-8-15(18)17-13-6-4-3-5-12(13)16(19)20-2/h3-10H,1-2H3,(H,17,18)/b8-7+. The van der Waals surface area contributed by atoms with Crippen molar-refractivity contribution in [3.05, 3.63) is 57.8 Å². The van der Waals surface area contributed by atoms with Crippen LogP contribution in [0.15, 0.2) is 41.8 Å². The number of benzene rings is 1. The highest BCUT2D eigenvalue weighted by molar-refractivity contribution is 7.11. The fourth-order valence-electron chi connectivity index (χ4n) is 1.76. The van der Waals surface area contributed by atoms with Crippen molar-refractivity contribution in [3.8, 4) is 0 Å². The van der Waals surface area contributed by atoms with Crippen molar-refractivity contribution in [2.45, 2.75) is 6.92 Å². The average molecular weight is 301 g/mol. The number of nitrogens with one attached hydrogen (secondary N) is 1. The van der Waals surface area contributed by atoms with Crippen LogP contribution in [0.25, 0.3) is 6.08 Å². The SMILES string of the molecule is COC(=O)c1ccccc1NC(=O)/C=C/c1sccc1C. The van der Waals surface area contributed by atoms with Gasteiger partial charge in [-0.25, -0.2) is 4.79 Å². The number of para-hydroxylation sites is 1. The molecule has 2 aromatic rings. The van der Waals surface area contributed by atoms with Crippen LogP contribution in [0.2, 0.25) is 0 Å². The number of amides is 1. The van der Waals surface area contributed by atoms with Crippen LogP contribution in [0, 0.1) is 6.92 Å². The van der Waals surface area contributed by atoms with E-state index in [1.807, 2.05) is 18.4 Å². The van der Waals surface area contributed by atoms with Gasteiger partial charge in [0.05, 0.1) is 18.4 Å². The summed E-state index contributed by atoms with van der Waals surface area (Å²) in [6, 6.07) is 8.72. The monoisotopic (exact) mass is 301 g/mol. The van der Waals surface area contributed by atoms with E-state index >= 15 is 0 Å². The van der Waals surface area contributed by atoms with Gasteiger partial charge in [0, 0.05) is 11.0 Å². The summed E-state index contributed by atoms with van der Waals surface area (Å²) in [6.07, 6.45) is 3.21. The minimum atomic E-state index is -0.482. The third-order valence-corrected chi connectivity index (χ3v) is 3.86. The molecule has 0 atom stereocenters. The molecule has 0 bridgehead atoms. The second-order valence-corrected chi connectivity index (χ2v) is 5.28. The zero-order chi connectivity index (χ0) is 15.2. The van der Waals surface area contributed by atoms with Gasteiger partial charge in [0.15, 0.2) is 0 Å². The minimum Gasteiger partial charge on any atom is -0.465 e. The van der Waals surface area contributed by atoms with Crippen molar-refractivity contribution in [3.63, 3.8) is 0 Å².